The van der Waals surface area contributed by atoms with Crippen molar-refractivity contribution in [1.82, 2.24) is 14.8 Å². The van der Waals surface area contributed by atoms with Crippen molar-refractivity contribution in [2.45, 2.75) is 32.2 Å². The summed E-state index contributed by atoms with van der Waals surface area (Å²) < 4.78 is 18.1. The fourth-order valence-electron chi connectivity index (χ4n) is 2.55. The fourth-order valence-corrected chi connectivity index (χ4v) is 2.55. The molecule has 0 aliphatic carbocycles. The summed E-state index contributed by atoms with van der Waals surface area (Å²) in [7, 11) is 1.80. The Balaban J connectivity index is 2.13. The molecule has 2 aromatic rings. The Kier molecular flexibility index (Phi) is 3.30. The van der Waals surface area contributed by atoms with Gasteiger partial charge in [0.2, 0.25) is 5.91 Å². The molecular weight excluding hydrogens is 278 g/mol. The van der Waals surface area contributed by atoms with Gasteiger partial charge in [0.25, 0.3) is 0 Å². The number of aromatic nitrogens is 3. The molecule has 3 heterocycles. The average Bonchev–Trinajstić information content (AvgIpc) is 2.93. The second-order valence-corrected chi connectivity index (χ2v) is 5.55. The van der Waals surface area contributed by atoms with Gasteiger partial charge in [0.15, 0.2) is 0 Å². The number of anilines is 1. The van der Waals surface area contributed by atoms with E-state index in [0.29, 0.717) is 11.4 Å². The first-order valence-corrected chi connectivity index (χ1v) is 7.27. The zero-order valence-corrected chi connectivity index (χ0v) is 12.7. The summed E-state index contributed by atoms with van der Waals surface area (Å²) in [6.07, 6.45) is 1.90. The number of hydrogen-bond acceptors (Lipinski definition) is 4. The number of carbonyl (C=O) groups is 1. The highest BCUT2D eigenvalue weighted by atomic mass is 16.1. The molecule has 3 rings (SSSR count). The zero-order chi connectivity index (χ0) is 17.4. The van der Waals surface area contributed by atoms with Crippen LogP contribution in [0.15, 0.2) is 24.5 Å². The van der Waals surface area contributed by atoms with E-state index in [0.717, 1.165) is 11.3 Å². The zero-order valence-electron chi connectivity index (χ0n) is 14.7. The van der Waals surface area contributed by atoms with Gasteiger partial charge in [-0.05, 0) is 25.0 Å². The molecule has 1 aliphatic rings. The molecule has 0 aromatic carbocycles. The van der Waals surface area contributed by atoms with Gasteiger partial charge in [0, 0.05) is 33.5 Å². The molecule has 1 amide bonds. The number of rotatable bonds is 0. The minimum atomic E-state index is -0.862. The molecule has 4 atom stereocenters. The van der Waals surface area contributed by atoms with E-state index in [2.05, 4.69) is 15.4 Å². The highest BCUT2D eigenvalue weighted by Crippen LogP contribution is 2.30. The first kappa shape index (κ1) is 12.3. The van der Waals surface area contributed by atoms with Crippen LogP contribution in [0.5, 0.6) is 0 Å². The Labute approximate surface area is 132 Å². The summed E-state index contributed by atoms with van der Waals surface area (Å²) in [6.45, 7) is 1.67. The molecule has 3 N–H and O–H groups in total. The summed E-state index contributed by atoms with van der Waals surface area (Å²) in [4.78, 5) is 16.8. The van der Waals surface area contributed by atoms with Gasteiger partial charge in [0.05, 0.1) is 23.3 Å². The van der Waals surface area contributed by atoms with Crippen LogP contribution < -0.4 is 11.1 Å². The number of nitrogens with one attached hydrogen (secondary N) is 1. The Hall–Kier alpha value is -2.21. The van der Waals surface area contributed by atoms with Crippen molar-refractivity contribution in [3.05, 3.63) is 30.2 Å². The molecule has 0 radical (unpaired) electrons. The van der Waals surface area contributed by atoms with Gasteiger partial charge in [-0.15, -0.1) is 0 Å². The van der Waals surface area contributed by atoms with Gasteiger partial charge in [-0.1, -0.05) is 13.3 Å². The lowest BCUT2D eigenvalue weighted by Crippen LogP contribution is -2.21. The summed E-state index contributed by atoms with van der Waals surface area (Å²) in [5.41, 5.74) is 9.05. The third kappa shape index (κ3) is 2.74. The van der Waals surface area contributed by atoms with Crippen molar-refractivity contribution in [3.8, 4) is 11.3 Å². The van der Waals surface area contributed by atoms with E-state index in [4.69, 9.17) is 8.48 Å². The van der Waals surface area contributed by atoms with E-state index >= 15 is 0 Å². The molecule has 6 nitrogen and oxygen atoms in total. The maximum atomic E-state index is 12.5. The van der Waals surface area contributed by atoms with Crippen molar-refractivity contribution >= 4 is 11.6 Å². The second-order valence-electron chi connectivity index (χ2n) is 5.55. The van der Waals surface area contributed by atoms with Crippen LogP contribution in [0.2, 0.25) is 0 Å². The van der Waals surface area contributed by atoms with Crippen LogP contribution in [-0.2, 0) is 11.8 Å². The minimum Gasteiger partial charge on any atom is -0.323 e. The van der Waals surface area contributed by atoms with Crippen LogP contribution in [0.1, 0.15) is 40.6 Å². The smallest absolute Gasteiger partial charge is 0.227 e. The Morgan fingerprint density at radius 1 is 1.55 bits per heavy atom. The van der Waals surface area contributed by atoms with Gasteiger partial charge in [-0.2, -0.15) is 5.10 Å². The molecule has 116 valence electrons. The van der Waals surface area contributed by atoms with E-state index in [1.807, 2.05) is 12.1 Å². The standard InChI is InChI=1S/C16H21N5O/c1-10-4-3-5-12(17)13-8-11(6-7-18-13)15-14(20-16(10)22)9-19-21(15)2/h6-10,12H,3-5,17H2,1-2H3,(H,20,22)/t10-,12+/m1/s1/i3D,4D/t3?,4?,10-,12+. The SMILES string of the molecule is [2H]C1C[C@H](N)c2cc(ccn2)-c2c(cnn2C)NC(=O)[C@H](C)C1[2H]. The molecule has 2 unspecified atom stereocenters. The van der Waals surface area contributed by atoms with E-state index in [-0.39, 0.29) is 12.3 Å². The Morgan fingerprint density at radius 2 is 2.36 bits per heavy atom. The molecule has 0 fully saturated rings. The van der Waals surface area contributed by atoms with E-state index in [1.165, 1.54) is 0 Å². The first-order valence-electron chi connectivity index (χ1n) is 8.43. The van der Waals surface area contributed by atoms with Gasteiger partial charge in [0.1, 0.15) is 0 Å². The quantitative estimate of drug-likeness (QED) is 0.781. The van der Waals surface area contributed by atoms with Crippen molar-refractivity contribution in [2.24, 2.45) is 18.7 Å². The van der Waals surface area contributed by atoms with E-state index < -0.39 is 24.8 Å². The molecule has 2 aromatic heterocycles. The van der Waals surface area contributed by atoms with Crippen LogP contribution in [0.25, 0.3) is 11.3 Å². The lowest BCUT2D eigenvalue weighted by atomic mass is 9.97. The topological polar surface area (TPSA) is 85.8 Å². The van der Waals surface area contributed by atoms with Crippen LogP contribution in [0, 0.1) is 5.92 Å². The summed E-state index contributed by atoms with van der Waals surface area (Å²) >= 11 is 0. The van der Waals surface area contributed by atoms with Gasteiger partial charge >= 0.3 is 0 Å². The maximum absolute atomic E-state index is 12.5. The van der Waals surface area contributed by atoms with Crippen molar-refractivity contribution in [1.29, 1.82) is 0 Å². The predicted molar refractivity (Wildman–Crippen MR) is 85.0 cm³/mol. The Bertz CT molecular complexity index is 763. The predicted octanol–water partition coefficient (Wildman–Crippen LogP) is 2.24. The van der Waals surface area contributed by atoms with E-state index in [9.17, 15) is 4.79 Å². The maximum Gasteiger partial charge on any atom is 0.227 e. The van der Waals surface area contributed by atoms with Crippen molar-refractivity contribution in [3.63, 3.8) is 0 Å². The average molecular weight is 301 g/mol. The number of pyridine rings is 1. The van der Waals surface area contributed by atoms with Crippen LogP contribution in [0.4, 0.5) is 5.69 Å². The highest BCUT2D eigenvalue weighted by Gasteiger charge is 2.20. The number of amides is 1. The molecule has 6 heteroatoms. The third-order valence-corrected chi connectivity index (χ3v) is 3.86. The molecule has 1 aliphatic heterocycles. The van der Waals surface area contributed by atoms with Crippen LogP contribution >= 0.6 is 0 Å². The molecular formula is C16H21N5O. The third-order valence-electron chi connectivity index (χ3n) is 3.86. The normalized spacial score (nSPS) is 30.2. The number of carbonyl (C=O) groups excluding carboxylic acids is 1. The van der Waals surface area contributed by atoms with Crippen LogP contribution in [0.3, 0.4) is 0 Å². The van der Waals surface area contributed by atoms with Gasteiger partial charge < -0.3 is 11.1 Å². The number of nitrogens with zero attached hydrogens (tertiary/aromatic N) is 3. The van der Waals surface area contributed by atoms with Crippen molar-refractivity contribution < 1.29 is 7.54 Å². The van der Waals surface area contributed by atoms with Crippen molar-refractivity contribution in [2.75, 3.05) is 5.32 Å². The number of fused-ring (bicyclic) bond motifs is 4. The molecule has 0 saturated carbocycles. The minimum absolute atomic E-state index is 0.278. The van der Waals surface area contributed by atoms with Gasteiger partial charge in [-0.25, -0.2) is 0 Å². The first-order chi connectivity index (χ1) is 11.4. The number of aryl methyl sites for hydroxylation is 1. The van der Waals surface area contributed by atoms with Crippen LogP contribution in [-0.4, -0.2) is 20.7 Å². The van der Waals surface area contributed by atoms with Gasteiger partial charge in [-0.3, -0.25) is 14.5 Å². The lowest BCUT2D eigenvalue weighted by Gasteiger charge is -2.17. The fraction of sp³-hybridized carbons (Fsp3) is 0.438. The monoisotopic (exact) mass is 301 g/mol. The second kappa shape index (κ2) is 5.88. The number of hydrogen-bond donors (Lipinski definition) is 2. The summed E-state index contributed by atoms with van der Waals surface area (Å²) in [5.74, 6) is -0.914. The molecule has 0 saturated heterocycles. The lowest BCUT2D eigenvalue weighted by molar-refractivity contribution is -0.119. The summed E-state index contributed by atoms with van der Waals surface area (Å²) in [6, 6.07) is 3.24. The number of nitrogens with two attached hydrogens (primary N) is 1. The molecule has 2 bridgehead atoms. The molecule has 0 spiro atoms. The highest BCUT2D eigenvalue weighted by molar-refractivity contribution is 5.95. The summed E-state index contributed by atoms with van der Waals surface area (Å²) in [5, 5.41) is 7.06. The van der Waals surface area contributed by atoms with E-state index in [1.54, 1.807) is 31.0 Å². The largest absolute Gasteiger partial charge is 0.323 e. The molecule has 22 heavy (non-hydrogen) atoms. The Morgan fingerprint density at radius 3 is 3.18 bits per heavy atom.